The topological polar surface area (TPSA) is 63.4 Å². The third kappa shape index (κ3) is 3.05. The second-order valence-corrected chi connectivity index (χ2v) is 7.12. The van der Waals surface area contributed by atoms with E-state index in [2.05, 4.69) is 15.9 Å². The van der Waals surface area contributed by atoms with Crippen molar-refractivity contribution in [3.8, 4) is 0 Å². The Labute approximate surface area is 122 Å². The van der Waals surface area contributed by atoms with E-state index >= 15 is 0 Å². The largest absolute Gasteiger partial charge is 0.326 e. The van der Waals surface area contributed by atoms with Gasteiger partial charge in [-0.05, 0) is 37.1 Å². The molecular formula is C11H16BrClN2O2S. The van der Waals surface area contributed by atoms with Crippen molar-refractivity contribution < 1.29 is 8.42 Å². The summed E-state index contributed by atoms with van der Waals surface area (Å²) in [6.07, 6.45) is 0.731. The molecule has 7 heteroatoms. The van der Waals surface area contributed by atoms with Gasteiger partial charge in [-0.1, -0.05) is 15.9 Å². The predicted molar refractivity (Wildman–Crippen MR) is 77.5 cm³/mol. The van der Waals surface area contributed by atoms with Gasteiger partial charge in [0.05, 0.1) is 4.90 Å². The zero-order valence-corrected chi connectivity index (χ0v) is 13.2. The number of benzene rings is 1. The van der Waals surface area contributed by atoms with E-state index < -0.39 is 10.0 Å². The molecule has 1 atom stereocenters. The molecule has 102 valence electrons. The van der Waals surface area contributed by atoms with Gasteiger partial charge in [0.1, 0.15) is 0 Å². The molecule has 1 saturated heterocycles. The number of nitrogens with two attached hydrogens (primary N) is 1. The van der Waals surface area contributed by atoms with Crippen molar-refractivity contribution in [3.63, 3.8) is 0 Å². The van der Waals surface area contributed by atoms with Crippen LogP contribution < -0.4 is 5.73 Å². The maximum atomic E-state index is 12.3. The smallest absolute Gasteiger partial charge is 0.243 e. The van der Waals surface area contributed by atoms with Crippen LogP contribution in [0.25, 0.3) is 0 Å². The van der Waals surface area contributed by atoms with Crippen LogP contribution in [0.5, 0.6) is 0 Å². The molecule has 1 fully saturated rings. The fraction of sp³-hybridized carbons (Fsp3) is 0.455. The number of rotatable bonds is 2. The number of halogens is 2. The first kappa shape index (κ1) is 15.9. The summed E-state index contributed by atoms with van der Waals surface area (Å²) in [6, 6.07) is 5.03. The summed E-state index contributed by atoms with van der Waals surface area (Å²) >= 11 is 3.36. The van der Waals surface area contributed by atoms with Crippen LogP contribution in [0.2, 0.25) is 0 Å². The molecule has 1 heterocycles. The number of nitrogens with zero attached hydrogens (tertiary/aromatic N) is 1. The molecule has 0 amide bonds. The van der Waals surface area contributed by atoms with Crippen molar-refractivity contribution >= 4 is 38.4 Å². The summed E-state index contributed by atoms with van der Waals surface area (Å²) in [5.41, 5.74) is 6.65. The van der Waals surface area contributed by atoms with E-state index in [9.17, 15) is 8.42 Å². The maximum absolute atomic E-state index is 12.3. The van der Waals surface area contributed by atoms with Crippen molar-refractivity contribution in [1.82, 2.24) is 4.31 Å². The fourth-order valence-corrected chi connectivity index (χ4v) is 3.74. The van der Waals surface area contributed by atoms with Crippen LogP contribution in [-0.2, 0) is 10.0 Å². The molecular weight excluding hydrogens is 340 g/mol. The quantitative estimate of drug-likeness (QED) is 0.881. The summed E-state index contributed by atoms with van der Waals surface area (Å²) in [7, 11) is -3.38. The van der Waals surface area contributed by atoms with E-state index in [1.54, 1.807) is 18.2 Å². The number of hydrogen-bond donors (Lipinski definition) is 1. The van der Waals surface area contributed by atoms with Gasteiger partial charge in [0.15, 0.2) is 0 Å². The number of hydrogen-bond acceptors (Lipinski definition) is 3. The molecule has 0 spiro atoms. The third-order valence-electron chi connectivity index (χ3n) is 2.95. The van der Waals surface area contributed by atoms with Gasteiger partial charge >= 0.3 is 0 Å². The Balaban J connectivity index is 0.00000162. The molecule has 1 aliphatic rings. The maximum Gasteiger partial charge on any atom is 0.243 e. The highest BCUT2D eigenvalue weighted by atomic mass is 79.9. The van der Waals surface area contributed by atoms with Crippen LogP contribution >= 0.6 is 28.3 Å². The average molecular weight is 356 g/mol. The minimum Gasteiger partial charge on any atom is -0.326 e. The second-order valence-electron chi connectivity index (χ2n) is 4.32. The van der Waals surface area contributed by atoms with Crippen molar-refractivity contribution in [2.75, 3.05) is 13.1 Å². The van der Waals surface area contributed by atoms with Crippen molar-refractivity contribution in [1.29, 1.82) is 0 Å². The van der Waals surface area contributed by atoms with Crippen LogP contribution in [-0.4, -0.2) is 31.9 Å². The van der Waals surface area contributed by atoms with Crippen LogP contribution in [0.1, 0.15) is 12.0 Å². The molecule has 0 bridgehead atoms. The number of sulfonamides is 1. The fourth-order valence-electron chi connectivity index (χ4n) is 1.90. The summed E-state index contributed by atoms with van der Waals surface area (Å²) < 4.78 is 27.0. The van der Waals surface area contributed by atoms with Crippen LogP contribution in [0.15, 0.2) is 27.6 Å². The average Bonchev–Trinajstić information content (AvgIpc) is 2.69. The minimum atomic E-state index is -3.38. The highest BCUT2D eigenvalue weighted by Gasteiger charge is 2.30. The van der Waals surface area contributed by atoms with Gasteiger partial charge in [0.2, 0.25) is 10.0 Å². The van der Waals surface area contributed by atoms with Gasteiger partial charge in [-0.3, -0.25) is 0 Å². The second kappa shape index (κ2) is 5.88. The van der Waals surface area contributed by atoms with Gasteiger partial charge in [-0.2, -0.15) is 4.31 Å². The Hall–Kier alpha value is -0.140. The SMILES string of the molecule is Cc1cc(S(=O)(=O)N2CC[C@@H](N)C2)ccc1Br.Cl. The van der Waals surface area contributed by atoms with Crippen LogP contribution in [0, 0.1) is 6.92 Å². The van der Waals surface area contributed by atoms with Gasteiger partial charge in [0.25, 0.3) is 0 Å². The lowest BCUT2D eigenvalue weighted by Crippen LogP contribution is -2.32. The van der Waals surface area contributed by atoms with E-state index in [1.807, 2.05) is 6.92 Å². The Morgan fingerprint density at radius 1 is 1.44 bits per heavy atom. The molecule has 2 N–H and O–H groups in total. The molecule has 0 aromatic heterocycles. The molecule has 1 aromatic rings. The zero-order chi connectivity index (χ0) is 12.6. The van der Waals surface area contributed by atoms with Gasteiger partial charge < -0.3 is 5.73 Å². The zero-order valence-electron chi connectivity index (χ0n) is 9.97. The lowest BCUT2D eigenvalue weighted by atomic mass is 10.2. The molecule has 0 aliphatic carbocycles. The van der Waals surface area contributed by atoms with Gasteiger partial charge in [-0.25, -0.2) is 8.42 Å². The van der Waals surface area contributed by atoms with Crippen molar-refractivity contribution in [2.45, 2.75) is 24.3 Å². The van der Waals surface area contributed by atoms with Gasteiger partial charge in [0, 0.05) is 23.6 Å². The first-order valence-electron chi connectivity index (χ1n) is 5.43. The molecule has 0 radical (unpaired) electrons. The van der Waals surface area contributed by atoms with Crippen molar-refractivity contribution in [3.05, 3.63) is 28.2 Å². The highest BCUT2D eigenvalue weighted by molar-refractivity contribution is 9.10. The van der Waals surface area contributed by atoms with Gasteiger partial charge in [-0.15, -0.1) is 12.4 Å². The Morgan fingerprint density at radius 2 is 2.11 bits per heavy atom. The predicted octanol–water partition coefficient (Wildman–Crippen LogP) is 1.90. The Morgan fingerprint density at radius 3 is 2.61 bits per heavy atom. The van der Waals surface area contributed by atoms with E-state index in [0.29, 0.717) is 18.0 Å². The summed E-state index contributed by atoms with van der Waals surface area (Å²) in [4.78, 5) is 0.340. The summed E-state index contributed by atoms with van der Waals surface area (Å²) in [5.74, 6) is 0. The van der Waals surface area contributed by atoms with Crippen LogP contribution in [0.3, 0.4) is 0 Å². The first-order valence-corrected chi connectivity index (χ1v) is 7.66. The lowest BCUT2D eigenvalue weighted by molar-refractivity contribution is 0.472. The lowest BCUT2D eigenvalue weighted by Gasteiger charge is -2.16. The van der Waals surface area contributed by atoms with E-state index in [0.717, 1.165) is 16.5 Å². The number of aryl methyl sites for hydroxylation is 1. The normalized spacial score (nSPS) is 20.7. The highest BCUT2D eigenvalue weighted by Crippen LogP contribution is 2.24. The monoisotopic (exact) mass is 354 g/mol. The third-order valence-corrected chi connectivity index (χ3v) is 5.71. The molecule has 0 saturated carbocycles. The molecule has 4 nitrogen and oxygen atoms in total. The molecule has 18 heavy (non-hydrogen) atoms. The molecule has 2 rings (SSSR count). The molecule has 0 unspecified atom stereocenters. The van der Waals surface area contributed by atoms with E-state index in [4.69, 9.17) is 5.73 Å². The van der Waals surface area contributed by atoms with E-state index in [-0.39, 0.29) is 18.4 Å². The minimum absolute atomic E-state index is 0. The van der Waals surface area contributed by atoms with Crippen molar-refractivity contribution in [2.24, 2.45) is 5.73 Å². The first-order chi connectivity index (χ1) is 7.91. The standard InChI is InChI=1S/C11H15BrN2O2S.ClH/c1-8-6-10(2-3-11(8)12)17(15,16)14-5-4-9(13)7-14;/h2-3,6,9H,4-5,7,13H2,1H3;1H/t9-;/m1./s1. The van der Waals surface area contributed by atoms with Crippen LogP contribution in [0.4, 0.5) is 0 Å². The summed E-state index contributed by atoms with van der Waals surface area (Å²) in [6.45, 7) is 2.80. The van der Waals surface area contributed by atoms with E-state index in [1.165, 1.54) is 4.31 Å². The Kier molecular flexibility index (Phi) is 5.20. The summed E-state index contributed by atoms with van der Waals surface area (Å²) in [5, 5.41) is 0. The Bertz CT molecular complexity index is 536. The molecule has 1 aliphatic heterocycles. The molecule has 1 aromatic carbocycles.